The molecule has 1 unspecified atom stereocenters. The van der Waals surface area contributed by atoms with E-state index in [1.807, 2.05) is 0 Å². The predicted octanol–water partition coefficient (Wildman–Crippen LogP) is 1.74. The second-order valence-electron chi connectivity index (χ2n) is 3.82. The van der Waals surface area contributed by atoms with Crippen molar-refractivity contribution < 1.29 is 9.53 Å². The first-order valence-corrected chi connectivity index (χ1v) is 6.09. The number of nitrogens with one attached hydrogen (secondary N) is 1. The number of carbonyl (C=O) groups is 1. The summed E-state index contributed by atoms with van der Waals surface area (Å²) >= 11 is 5.94. The molecule has 7 heteroatoms. The molecule has 0 bridgehead atoms. The van der Waals surface area contributed by atoms with Crippen molar-refractivity contribution in [3.05, 3.63) is 40.7 Å². The number of carbonyl (C=O) groups excluding carboxylic acids is 1. The van der Waals surface area contributed by atoms with Gasteiger partial charge in [-0.3, -0.25) is 9.89 Å². The fourth-order valence-corrected chi connectivity index (χ4v) is 1.93. The molecule has 0 saturated carbocycles. The highest BCUT2D eigenvalue weighted by Crippen LogP contribution is 2.26. The van der Waals surface area contributed by atoms with Crippen LogP contribution in [0.5, 0.6) is 0 Å². The number of benzene rings is 1. The summed E-state index contributed by atoms with van der Waals surface area (Å²) in [7, 11) is 0. The van der Waals surface area contributed by atoms with Crippen molar-refractivity contribution in [2.24, 2.45) is 0 Å². The van der Waals surface area contributed by atoms with Crippen molar-refractivity contribution in [1.82, 2.24) is 15.2 Å². The van der Waals surface area contributed by atoms with E-state index in [9.17, 15) is 4.79 Å². The highest BCUT2D eigenvalue weighted by Gasteiger charge is 2.27. The topological polar surface area (TPSA) is 93.9 Å². The van der Waals surface area contributed by atoms with Crippen LogP contribution in [0, 0.1) is 0 Å². The average molecular weight is 281 g/mol. The molecule has 2 aromatic rings. The lowest BCUT2D eigenvalue weighted by molar-refractivity contribution is -0.144. The number of halogens is 1. The molecular formula is C12H13ClN4O2. The Bertz CT molecular complexity index is 585. The van der Waals surface area contributed by atoms with Crippen molar-refractivity contribution in [2.75, 3.05) is 12.3 Å². The third-order valence-electron chi connectivity index (χ3n) is 2.50. The maximum absolute atomic E-state index is 12.1. The van der Waals surface area contributed by atoms with Gasteiger partial charge in [0.15, 0.2) is 0 Å². The lowest BCUT2D eigenvalue weighted by atomic mass is 9.98. The molecular weight excluding hydrogens is 268 g/mol. The van der Waals surface area contributed by atoms with Crippen LogP contribution in [0.3, 0.4) is 0 Å². The molecule has 19 heavy (non-hydrogen) atoms. The summed E-state index contributed by atoms with van der Waals surface area (Å²) < 4.78 is 5.05. The van der Waals surface area contributed by atoms with Crippen molar-refractivity contribution in [2.45, 2.75) is 12.8 Å². The number of hydrogen-bond acceptors (Lipinski definition) is 5. The lowest BCUT2D eigenvalue weighted by Crippen LogP contribution is -2.18. The summed E-state index contributed by atoms with van der Waals surface area (Å²) in [4.78, 5) is 16.1. The van der Waals surface area contributed by atoms with E-state index >= 15 is 0 Å². The average Bonchev–Trinajstić information content (AvgIpc) is 2.76. The lowest BCUT2D eigenvalue weighted by Gasteiger charge is -2.13. The zero-order chi connectivity index (χ0) is 13.8. The van der Waals surface area contributed by atoms with E-state index in [4.69, 9.17) is 22.1 Å². The Morgan fingerprint density at radius 2 is 2.37 bits per heavy atom. The molecule has 0 saturated heterocycles. The fraction of sp³-hybridized carbons (Fsp3) is 0.250. The molecule has 0 aliphatic heterocycles. The molecule has 1 aromatic heterocycles. The standard InChI is InChI=1S/C12H13ClN4O2/c1-2-19-11(18)9(10-15-12(14)17-16-10)7-4-3-5-8(13)6-7/h3-6,9H,2H2,1H3,(H3,14,15,16,17). The Morgan fingerprint density at radius 3 is 2.95 bits per heavy atom. The highest BCUT2D eigenvalue weighted by atomic mass is 35.5. The van der Waals surface area contributed by atoms with Gasteiger partial charge in [0, 0.05) is 5.02 Å². The van der Waals surface area contributed by atoms with E-state index in [1.165, 1.54) is 0 Å². The number of nitrogens with two attached hydrogens (primary N) is 1. The summed E-state index contributed by atoms with van der Waals surface area (Å²) in [6.45, 7) is 2.02. The zero-order valence-corrected chi connectivity index (χ0v) is 11.0. The van der Waals surface area contributed by atoms with Crippen molar-refractivity contribution in [3.63, 3.8) is 0 Å². The second-order valence-corrected chi connectivity index (χ2v) is 4.26. The van der Waals surface area contributed by atoms with Gasteiger partial charge < -0.3 is 10.5 Å². The van der Waals surface area contributed by atoms with Gasteiger partial charge in [0.2, 0.25) is 5.95 Å². The second kappa shape index (κ2) is 5.71. The minimum atomic E-state index is -0.719. The van der Waals surface area contributed by atoms with E-state index < -0.39 is 11.9 Å². The molecule has 6 nitrogen and oxygen atoms in total. The number of rotatable bonds is 4. The van der Waals surface area contributed by atoms with Crippen molar-refractivity contribution in [1.29, 1.82) is 0 Å². The Hall–Kier alpha value is -2.08. The molecule has 0 radical (unpaired) electrons. The van der Waals surface area contributed by atoms with Crippen LogP contribution < -0.4 is 5.73 Å². The van der Waals surface area contributed by atoms with Gasteiger partial charge in [-0.1, -0.05) is 23.7 Å². The van der Waals surface area contributed by atoms with E-state index in [-0.39, 0.29) is 12.6 Å². The van der Waals surface area contributed by atoms with Gasteiger partial charge in [-0.05, 0) is 24.6 Å². The molecule has 0 spiro atoms. The van der Waals surface area contributed by atoms with Crippen molar-refractivity contribution in [3.8, 4) is 0 Å². The monoisotopic (exact) mass is 280 g/mol. The normalized spacial score (nSPS) is 12.1. The number of ether oxygens (including phenoxy) is 1. The first kappa shape index (κ1) is 13.4. The molecule has 100 valence electrons. The number of aromatic nitrogens is 3. The fourth-order valence-electron chi connectivity index (χ4n) is 1.73. The predicted molar refractivity (Wildman–Crippen MR) is 70.7 cm³/mol. The number of nitrogen functional groups attached to an aromatic ring is 1. The molecule has 0 aliphatic rings. The minimum Gasteiger partial charge on any atom is -0.465 e. The Kier molecular flexibility index (Phi) is 4.01. The molecule has 0 amide bonds. The van der Waals surface area contributed by atoms with Gasteiger partial charge >= 0.3 is 5.97 Å². The Balaban J connectivity index is 2.42. The zero-order valence-electron chi connectivity index (χ0n) is 10.3. The number of hydrogen-bond donors (Lipinski definition) is 2. The number of nitrogens with zero attached hydrogens (tertiary/aromatic N) is 2. The van der Waals surface area contributed by atoms with Gasteiger partial charge in [-0.15, -0.1) is 5.10 Å². The molecule has 1 aromatic carbocycles. The van der Waals surface area contributed by atoms with Crippen LogP contribution >= 0.6 is 11.6 Å². The van der Waals surface area contributed by atoms with Gasteiger partial charge in [0.05, 0.1) is 6.61 Å². The van der Waals surface area contributed by atoms with E-state index in [2.05, 4.69) is 15.2 Å². The van der Waals surface area contributed by atoms with Crippen LogP contribution in [-0.2, 0) is 9.53 Å². The minimum absolute atomic E-state index is 0.0753. The maximum Gasteiger partial charge on any atom is 0.321 e. The quantitative estimate of drug-likeness (QED) is 0.832. The summed E-state index contributed by atoms with van der Waals surface area (Å²) in [6, 6.07) is 6.93. The van der Waals surface area contributed by atoms with Crippen LogP contribution in [0.2, 0.25) is 5.02 Å². The smallest absolute Gasteiger partial charge is 0.321 e. The number of esters is 1. The van der Waals surface area contributed by atoms with E-state index in [0.717, 1.165) is 0 Å². The molecule has 0 fully saturated rings. The highest BCUT2D eigenvalue weighted by molar-refractivity contribution is 6.30. The van der Waals surface area contributed by atoms with Gasteiger partial charge in [-0.2, -0.15) is 4.98 Å². The van der Waals surface area contributed by atoms with Gasteiger partial charge in [-0.25, -0.2) is 0 Å². The SMILES string of the molecule is CCOC(=O)C(c1cccc(Cl)c1)c1nc(N)n[nH]1. The van der Waals surface area contributed by atoms with Crippen LogP contribution in [0.15, 0.2) is 24.3 Å². The molecule has 1 atom stereocenters. The first-order chi connectivity index (χ1) is 9.11. The first-order valence-electron chi connectivity index (χ1n) is 5.71. The molecule has 1 heterocycles. The van der Waals surface area contributed by atoms with Crippen LogP contribution in [-0.4, -0.2) is 27.8 Å². The molecule has 0 aliphatic carbocycles. The third-order valence-corrected chi connectivity index (χ3v) is 2.73. The van der Waals surface area contributed by atoms with Gasteiger partial charge in [0.25, 0.3) is 0 Å². The number of aromatic amines is 1. The Morgan fingerprint density at radius 1 is 1.58 bits per heavy atom. The third kappa shape index (κ3) is 3.03. The van der Waals surface area contributed by atoms with E-state index in [0.29, 0.717) is 16.4 Å². The molecule has 2 rings (SSSR count). The van der Waals surface area contributed by atoms with Crippen molar-refractivity contribution >= 4 is 23.5 Å². The summed E-state index contributed by atoms with van der Waals surface area (Å²) in [5.41, 5.74) is 6.14. The van der Waals surface area contributed by atoms with Crippen LogP contribution in [0.25, 0.3) is 0 Å². The molecule has 3 N–H and O–H groups in total. The van der Waals surface area contributed by atoms with Crippen LogP contribution in [0.4, 0.5) is 5.95 Å². The Labute approximate surface area is 114 Å². The summed E-state index contributed by atoms with van der Waals surface area (Å²) in [5.74, 6) is -0.742. The largest absolute Gasteiger partial charge is 0.465 e. The van der Waals surface area contributed by atoms with E-state index in [1.54, 1.807) is 31.2 Å². The summed E-state index contributed by atoms with van der Waals surface area (Å²) in [6.07, 6.45) is 0. The summed E-state index contributed by atoms with van der Waals surface area (Å²) in [5, 5.41) is 6.89. The number of anilines is 1. The van der Waals surface area contributed by atoms with Crippen LogP contribution in [0.1, 0.15) is 24.2 Å². The number of H-pyrrole nitrogens is 1. The maximum atomic E-state index is 12.1. The van der Waals surface area contributed by atoms with Gasteiger partial charge in [0.1, 0.15) is 11.7 Å².